The molecule has 0 saturated carbocycles. The van der Waals surface area contributed by atoms with Gasteiger partial charge in [-0.1, -0.05) is 60.7 Å². The summed E-state index contributed by atoms with van der Waals surface area (Å²) >= 11 is 0. The first kappa shape index (κ1) is 17.3. The van der Waals surface area contributed by atoms with E-state index in [4.69, 9.17) is 4.42 Å². The highest BCUT2D eigenvalue weighted by atomic mass is 19.4. The molecule has 0 N–H and O–H groups in total. The van der Waals surface area contributed by atoms with E-state index in [0.29, 0.717) is 16.7 Å². The standard InChI is InChI=1S/C23H16F3O/c1-15-21(16-8-4-2-5-9-16)22(17-10-6-3-7-11-17)19-14-18(23(24,25)26)12-13-20(19)27-15/h2-14H,1H3/q+1. The monoisotopic (exact) mass is 365 g/mol. The Kier molecular flexibility index (Phi) is 4.19. The molecule has 27 heavy (non-hydrogen) atoms. The van der Waals surface area contributed by atoms with E-state index in [1.54, 1.807) is 0 Å². The molecule has 4 rings (SSSR count). The second kappa shape index (κ2) is 6.54. The third kappa shape index (κ3) is 3.19. The Balaban J connectivity index is 2.14. The topological polar surface area (TPSA) is 11.3 Å². The van der Waals surface area contributed by atoms with Gasteiger partial charge in [0.05, 0.1) is 23.4 Å². The van der Waals surface area contributed by atoms with E-state index in [2.05, 4.69) is 0 Å². The minimum Gasteiger partial charge on any atom is -0.212 e. The molecule has 0 unspecified atom stereocenters. The SMILES string of the molecule is Cc1[o+]c2ccc(C(F)(F)F)cc2c(-c2ccccc2)c1-c1ccccc1. The third-order valence-electron chi connectivity index (χ3n) is 4.57. The van der Waals surface area contributed by atoms with Crippen LogP contribution in [0.15, 0.2) is 83.3 Å². The molecule has 0 bridgehead atoms. The maximum atomic E-state index is 13.3. The zero-order valence-electron chi connectivity index (χ0n) is 14.5. The molecule has 134 valence electrons. The van der Waals surface area contributed by atoms with Crippen molar-refractivity contribution in [3.63, 3.8) is 0 Å². The number of fused-ring (bicyclic) bond motifs is 1. The Bertz CT molecular complexity index is 1100. The van der Waals surface area contributed by atoms with E-state index in [9.17, 15) is 13.2 Å². The Morgan fingerprint density at radius 3 is 1.81 bits per heavy atom. The number of halogens is 3. The van der Waals surface area contributed by atoms with Gasteiger partial charge in [-0.05, 0) is 23.3 Å². The van der Waals surface area contributed by atoms with Crippen LogP contribution < -0.4 is 0 Å². The molecule has 0 aliphatic heterocycles. The molecule has 0 atom stereocenters. The van der Waals surface area contributed by atoms with Crippen LogP contribution in [-0.4, -0.2) is 0 Å². The van der Waals surface area contributed by atoms with E-state index in [1.165, 1.54) is 12.1 Å². The van der Waals surface area contributed by atoms with Gasteiger partial charge in [0, 0.05) is 11.6 Å². The van der Waals surface area contributed by atoms with Crippen molar-refractivity contribution in [1.29, 1.82) is 0 Å². The van der Waals surface area contributed by atoms with E-state index >= 15 is 0 Å². The summed E-state index contributed by atoms with van der Waals surface area (Å²) in [4.78, 5) is 0. The van der Waals surface area contributed by atoms with E-state index in [-0.39, 0.29) is 0 Å². The fraction of sp³-hybridized carbons (Fsp3) is 0.0870. The fourth-order valence-corrected chi connectivity index (χ4v) is 3.37. The van der Waals surface area contributed by atoms with Crippen LogP contribution in [0.25, 0.3) is 33.2 Å². The van der Waals surface area contributed by atoms with Gasteiger partial charge >= 0.3 is 17.5 Å². The maximum absolute atomic E-state index is 13.3. The van der Waals surface area contributed by atoms with Crippen molar-refractivity contribution >= 4 is 11.0 Å². The summed E-state index contributed by atoms with van der Waals surface area (Å²) in [6.45, 7) is 1.84. The van der Waals surface area contributed by atoms with Gasteiger partial charge in [0.25, 0.3) is 0 Å². The van der Waals surface area contributed by atoms with Crippen LogP contribution in [0.5, 0.6) is 0 Å². The van der Waals surface area contributed by atoms with Crippen LogP contribution >= 0.6 is 0 Å². The summed E-state index contributed by atoms with van der Waals surface area (Å²) in [5.74, 6) is 0.660. The highest BCUT2D eigenvalue weighted by molar-refractivity contribution is 6.02. The Labute approximate surface area is 154 Å². The average molecular weight is 365 g/mol. The summed E-state index contributed by atoms with van der Waals surface area (Å²) in [5.41, 5.74) is 3.03. The molecule has 1 nitrogen and oxygen atoms in total. The minimum absolute atomic E-state index is 0.430. The van der Waals surface area contributed by atoms with Crippen molar-refractivity contribution in [3.05, 3.63) is 90.2 Å². The summed E-state index contributed by atoms with van der Waals surface area (Å²) in [5, 5.41) is 0.445. The van der Waals surface area contributed by atoms with Gasteiger partial charge in [-0.3, -0.25) is 0 Å². The predicted molar refractivity (Wildman–Crippen MR) is 101 cm³/mol. The largest absolute Gasteiger partial charge is 0.416 e. The van der Waals surface area contributed by atoms with Gasteiger partial charge < -0.3 is 0 Å². The number of rotatable bonds is 2. The fourth-order valence-electron chi connectivity index (χ4n) is 3.37. The highest BCUT2D eigenvalue weighted by Crippen LogP contribution is 2.42. The van der Waals surface area contributed by atoms with E-state index in [1.807, 2.05) is 67.6 Å². The van der Waals surface area contributed by atoms with Gasteiger partial charge in [-0.25, -0.2) is 4.42 Å². The van der Waals surface area contributed by atoms with Crippen LogP contribution in [-0.2, 0) is 6.18 Å². The van der Waals surface area contributed by atoms with Crippen molar-refractivity contribution in [2.24, 2.45) is 0 Å². The Hall–Kier alpha value is -3.14. The third-order valence-corrected chi connectivity index (χ3v) is 4.57. The maximum Gasteiger partial charge on any atom is 0.416 e. The Morgan fingerprint density at radius 2 is 1.26 bits per heavy atom. The van der Waals surface area contributed by atoms with Gasteiger partial charge in [0.15, 0.2) is 0 Å². The summed E-state index contributed by atoms with van der Waals surface area (Å²) < 4.78 is 45.9. The van der Waals surface area contributed by atoms with Crippen LogP contribution in [0, 0.1) is 6.92 Å². The first-order valence-electron chi connectivity index (χ1n) is 8.53. The lowest BCUT2D eigenvalue weighted by Crippen LogP contribution is -2.04. The predicted octanol–water partition coefficient (Wildman–Crippen LogP) is 7.38. The molecular weight excluding hydrogens is 349 g/mol. The number of benzene rings is 3. The molecule has 0 amide bonds. The summed E-state index contributed by atoms with van der Waals surface area (Å²) in [6, 6.07) is 22.7. The van der Waals surface area contributed by atoms with Crippen LogP contribution in [0.2, 0.25) is 0 Å². The second-order valence-corrected chi connectivity index (χ2v) is 6.35. The Morgan fingerprint density at radius 1 is 0.704 bits per heavy atom. The number of alkyl halides is 3. The average Bonchev–Trinajstić information content (AvgIpc) is 2.67. The number of hydrogen-bond donors (Lipinski definition) is 0. The van der Waals surface area contributed by atoms with Crippen LogP contribution in [0.4, 0.5) is 13.2 Å². The molecule has 4 aromatic rings. The molecule has 0 radical (unpaired) electrons. The van der Waals surface area contributed by atoms with Crippen molar-refractivity contribution in [1.82, 2.24) is 0 Å². The van der Waals surface area contributed by atoms with E-state index in [0.717, 1.165) is 28.3 Å². The van der Waals surface area contributed by atoms with Gasteiger partial charge in [-0.15, -0.1) is 0 Å². The molecule has 3 aromatic carbocycles. The lowest BCUT2D eigenvalue weighted by molar-refractivity contribution is -0.137. The molecule has 0 saturated heterocycles. The first-order valence-corrected chi connectivity index (χ1v) is 8.53. The van der Waals surface area contributed by atoms with Crippen LogP contribution in [0.3, 0.4) is 0 Å². The molecule has 0 aliphatic rings. The van der Waals surface area contributed by atoms with Crippen LogP contribution in [0.1, 0.15) is 11.3 Å². The molecule has 4 heteroatoms. The van der Waals surface area contributed by atoms with Crippen molar-refractivity contribution < 1.29 is 17.6 Å². The first-order chi connectivity index (χ1) is 12.9. The number of hydrogen-bond acceptors (Lipinski definition) is 0. The highest BCUT2D eigenvalue weighted by Gasteiger charge is 2.33. The zero-order valence-corrected chi connectivity index (χ0v) is 14.5. The lowest BCUT2D eigenvalue weighted by Gasteiger charge is -2.12. The van der Waals surface area contributed by atoms with Crippen molar-refractivity contribution in [2.45, 2.75) is 13.1 Å². The van der Waals surface area contributed by atoms with Gasteiger partial charge in [0.2, 0.25) is 0 Å². The summed E-state index contributed by atoms with van der Waals surface area (Å²) in [6.07, 6.45) is -4.42. The van der Waals surface area contributed by atoms with Gasteiger partial charge in [0.1, 0.15) is 0 Å². The molecule has 0 spiro atoms. The smallest absolute Gasteiger partial charge is 0.212 e. The molecular formula is C23H16F3O+. The lowest BCUT2D eigenvalue weighted by atomic mass is 9.91. The molecule has 1 heterocycles. The minimum atomic E-state index is -4.42. The zero-order chi connectivity index (χ0) is 19.0. The second-order valence-electron chi connectivity index (χ2n) is 6.35. The molecule has 0 aliphatic carbocycles. The van der Waals surface area contributed by atoms with Crippen molar-refractivity contribution in [3.8, 4) is 22.3 Å². The van der Waals surface area contributed by atoms with Crippen molar-refractivity contribution in [2.75, 3.05) is 0 Å². The van der Waals surface area contributed by atoms with Gasteiger partial charge in [-0.2, -0.15) is 13.2 Å². The summed E-state index contributed by atoms with van der Waals surface area (Å²) in [7, 11) is 0. The molecule has 1 aromatic heterocycles. The van der Waals surface area contributed by atoms with E-state index < -0.39 is 11.7 Å². The number of aryl methyl sites for hydroxylation is 1. The molecule has 0 fully saturated rings. The normalized spacial score (nSPS) is 11.7. The quantitative estimate of drug-likeness (QED) is 0.337.